The molecule has 0 aliphatic carbocycles. The third kappa shape index (κ3) is 4.69. The maximum absolute atomic E-state index is 12.5. The third-order valence-electron chi connectivity index (χ3n) is 2.79. The summed E-state index contributed by atoms with van der Waals surface area (Å²) >= 11 is 0. The summed E-state index contributed by atoms with van der Waals surface area (Å²) in [5.74, 6) is 0.582. The monoisotopic (exact) mass is 259 g/mol. The van der Waals surface area contributed by atoms with Crippen LogP contribution < -0.4 is 5.32 Å². The van der Waals surface area contributed by atoms with Crippen LogP contribution in [0.1, 0.15) is 30.5 Å². The Morgan fingerprint density at radius 2 is 1.89 bits per heavy atom. The Morgan fingerprint density at radius 3 is 2.39 bits per heavy atom. The van der Waals surface area contributed by atoms with Gasteiger partial charge in [0.1, 0.15) is 0 Å². The van der Waals surface area contributed by atoms with E-state index < -0.39 is 11.7 Å². The predicted molar refractivity (Wildman–Crippen MR) is 67.6 cm³/mol. The molecule has 0 aliphatic rings. The number of rotatable bonds is 5. The van der Waals surface area contributed by atoms with E-state index in [0.29, 0.717) is 11.5 Å². The molecule has 0 heterocycles. The number of hydrogen-bond acceptors (Lipinski definition) is 1. The maximum atomic E-state index is 12.5. The summed E-state index contributed by atoms with van der Waals surface area (Å²) in [5, 5.41) is 3.28. The number of halogens is 3. The van der Waals surface area contributed by atoms with Crippen LogP contribution in [0.2, 0.25) is 0 Å². The second-order valence-corrected chi connectivity index (χ2v) is 4.99. The number of nitrogens with one attached hydrogen (secondary N) is 1. The van der Waals surface area contributed by atoms with Gasteiger partial charge in [0.05, 0.1) is 5.56 Å². The largest absolute Gasteiger partial charge is 0.416 e. The summed E-state index contributed by atoms with van der Waals surface area (Å²) in [6.45, 7) is 7.70. The zero-order valence-corrected chi connectivity index (χ0v) is 11.1. The topological polar surface area (TPSA) is 12.0 Å². The minimum atomic E-state index is -4.25. The number of hydrogen-bond donors (Lipinski definition) is 1. The highest BCUT2D eigenvalue weighted by Crippen LogP contribution is 2.30. The highest BCUT2D eigenvalue weighted by atomic mass is 19.4. The fourth-order valence-corrected chi connectivity index (χ4v) is 1.77. The molecule has 0 radical (unpaired) electrons. The maximum Gasteiger partial charge on any atom is 0.416 e. The molecule has 4 heteroatoms. The van der Waals surface area contributed by atoms with Crippen molar-refractivity contribution in [2.45, 2.75) is 33.4 Å². The molecule has 1 aromatic carbocycles. The first-order valence-electron chi connectivity index (χ1n) is 6.18. The summed E-state index contributed by atoms with van der Waals surface area (Å²) in [7, 11) is 0. The molecule has 0 spiro atoms. The SMILES string of the molecule is Cc1cc(C(F)(F)F)ccc1CCNCC(C)C. The first-order valence-corrected chi connectivity index (χ1v) is 6.18. The van der Waals surface area contributed by atoms with Crippen LogP contribution in [0.25, 0.3) is 0 Å². The smallest absolute Gasteiger partial charge is 0.316 e. The molecule has 0 unspecified atom stereocenters. The molecule has 1 rings (SSSR count). The lowest BCUT2D eigenvalue weighted by Gasteiger charge is -2.12. The van der Waals surface area contributed by atoms with E-state index in [0.717, 1.165) is 31.1 Å². The normalized spacial score (nSPS) is 12.2. The first-order chi connectivity index (χ1) is 8.30. The average molecular weight is 259 g/mol. The number of aryl methyl sites for hydroxylation is 1. The molecule has 0 aromatic heterocycles. The molecule has 18 heavy (non-hydrogen) atoms. The van der Waals surface area contributed by atoms with Crippen molar-refractivity contribution in [2.24, 2.45) is 5.92 Å². The predicted octanol–water partition coefficient (Wildman–Crippen LogP) is 3.80. The summed E-state index contributed by atoms with van der Waals surface area (Å²) in [6, 6.07) is 3.96. The minimum Gasteiger partial charge on any atom is -0.316 e. The lowest BCUT2D eigenvalue weighted by atomic mass is 10.0. The van der Waals surface area contributed by atoms with Crippen molar-refractivity contribution >= 4 is 0 Å². The fraction of sp³-hybridized carbons (Fsp3) is 0.571. The minimum absolute atomic E-state index is 0.570. The van der Waals surface area contributed by atoms with Crippen LogP contribution in [0.15, 0.2) is 18.2 Å². The van der Waals surface area contributed by atoms with Crippen molar-refractivity contribution in [1.82, 2.24) is 5.32 Å². The van der Waals surface area contributed by atoms with E-state index in [1.54, 1.807) is 13.0 Å². The highest BCUT2D eigenvalue weighted by Gasteiger charge is 2.30. The Kier molecular flexibility index (Phi) is 5.20. The Balaban J connectivity index is 2.58. The van der Waals surface area contributed by atoms with Crippen molar-refractivity contribution in [3.05, 3.63) is 34.9 Å². The van der Waals surface area contributed by atoms with E-state index in [1.165, 1.54) is 6.07 Å². The number of alkyl halides is 3. The second-order valence-electron chi connectivity index (χ2n) is 4.99. The molecular formula is C14H20F3N. The van der Waals surface area contributed by atoms with Gasteiger partial charge < -0.3 is 5.32 Å². The Morgan fingerprint density at radius 1 is 1.22 bits per heavy atom. The van der Waals surface area contributed by atoms with Gasteiger partial charge in [-0.25, -0.2) is 0 Å². The second kappa shape index (κ2) is 6.23. The van der Waals surface area contributed by atoms with Gasteiger partial charge in [-0.1, -0.05) is 19.9 Å². The van der Waals surface area contributed by atoms with Crippen molar-refractivity contribution in [3.63, 3.8) is 0 Å². The quantitative estimate of drug-likeness (QED) is 0.793. The zero-order chi connectivity index (χ0) is 13.8. The summed E-state index contributed by atoms with van der Waals surface area (Å²) in [4.78, 5) is 0. The van der Waals surface area contributed by atoms with E-state index >= 15 is 0 Å². The zero-order valence-electron chi connectivity index (χ0n) is 11.1. The highest BCUT2D eigenvalue weighted by molar-refractivity contribution is 5.32. The van der Waals surface area contributed by atoms with Crippen molar-refractivity contribution in [1.29, 1.82) is 0 Å². The van der Waals surface area contributed by atoms with Crippen LogP contribution in [0.4, 0.5) is 13.2 Å². The van der Waals surface area contributed by atoms with Gasteiger partial charge in [0, 0.05) is 0 Å². The molecule has 0 bridgehead atoms. The fourth-order valence-electron chi connectivity index (χ4n) is 1.77. The van der Waals surface area contributed by atoms with Crippen LogP contribution in [-0.2, 0) is 12.6 Å². The van der Waals surface area contributed by atoms with Crippen LogP contribution in [-0.4, -0.2) is 13.1 Å². The number of benzene rings is 1. The van der Waals surface area contributed by atoms with Crippen molar-refractivity contribution in [2.75, 3.05) is 13.1 Å². The average Bonchev–Trinajstić information content (AvgIpc) is 2.24. The van der Waals surface area contributed by atoms with E-state index in [2.05, 4.69) is 19.2 Å². The lowest BCUT2D eigenvalue weighted by molar-refractivity contribution is -0.137. The van der Waals surface area contributed by atoms with Gasteiger partial charge in [-0.2, -0.15) is 13.2 Å². The Hall–Kier alpha value is -1.03. The van der Waals surface area contributed by atoms with E-state index in [9.17, 15) is 13.2 Å². The van der Waals surface area contributed by atoms with Crippen LogP contribution in [0, 0.1) is 12.8 Å². The van der Waals surface area contributed by atoms with Crippen LogP contribution >= 0.6 is 0 Å². The molecule has 0 atom stereocenters. The van der Waals surface area contributed by atoms with Gasteiger partial charge in [0.25, 0.3) is 0 Å². The van der Waals surface area contributed by atoms with Gasteiger partial charge in [-0.3, -0.25) is 0 Å². The van der Waals surface area contributed by atoms with Gasteiger partial charge in [-0.15, -0.1) is 0 Å². The van der Waals surface area contributed by atoms with Crippen LogP contribution in [0.5, 0.6) is 0 Å². The molecule has 1 N–H and O–H groups in total. The molecule has 0 saturated carbocycles. The standard InChI is InChI=1S/C14H20F3N/c1-10(2)9-18-7-6-12-4-5-13(8-11(12)3)14(15,16)17/h4-5,8,10,18H,6-7,9H2,1-3H3. The molecule has 1 aromatic rings. The molecule has 0 saturated heterocycles. The van der Waals surface area contributed by atoms with Crippen molar-refractivity contribution < 1.29 is 13.2 Å². The summed E-state index contributed by atoms with van der Waals surface area (Å²) in [5.41, 5.74) is 1.11. The van der Waals surface area contributed by atoms with Gasteiger partial charge in [0.2, 0.25) is 0 Å². The van der Waals surface area contributed by atoms with Gasteiger partial charge in [0.15, 0.2) is 0 Å². The van der Waals surface area contributed by atoms with Gasteiger partial charge >= 0.3 is 6.18 Å². The van der Waals surface area contributed by atoms with Crippen LogP contribution in [0.3, 0.4) is 0 Å². The van der Waals surface area contributed by atoms with Crippen molar-refractivity contribution in [3.8, 4) is 0 Å². The lowest BCUT2D eigenvalue weighted by Crippen LogP contribution is -2.22. The first kappa shape index (κ1) is 15.0. The van der Waals surface area contributed by atoms with E-state index in [1.807, 2.05) is 0 Å². The van der Waals surface area contributed by atoms with Gasteiger partial charge in [-0.05, 0) is 55.6 Å². The Labute approximate surface area is 106 Å². The molecule has 1 nitrogen and oxygen atoms in total. The van der Waals surface area contributed by atoms with E-state index in [-0.39, 0.29) is 0 Å². The summed E-state index contributed by atoms with van der Waals surface area (Å²) in [6.07, 6.45) is -3.49. The summed E-state index contributed by atoms with van der Waals surface area (Å²) < 4.78 is 37.4. The third-order valence-corrected chi connectivity index (χ3v) is 2.79. The molecular weight excluding hydrogens is 239 g/mol. The molecule has 0 amide bonds. The Bertz CT molecular complexity index is 383. The molecule has 102 valence electrons. The molecule has 0 fully saturated rings. The van der Waals surface area contributed by atoms with E-state index in [4.69, 9.17) is 0 Å². The molecule has 0 aliphatic heterocycles.